The molecule has 26 heavy (non-hydrogen) atoms. The van der Waals surface area contributed by atoms with Crippen LogP contribution in [-0.2, 0) is 11.2 Å². The van der Waals surface area contributed by atoms with E-state index in [0.717, 1.165) is 5.56 Å². The van der Waals surface area contributed by atoms with Gasteiger partial charge in [0.1, 0.15) is 5.82 Å². The number of aromatic nitrogens is 2. The third kappa shape index (κ3) is 4.24. The van der Waals surface area contributed by atoms with Crippen molar-refractivity contribution in [2.45, 2.75) is 12.3 Å². The van der Waals surface area contributed by atoms with Crippen LogP contribution in [0.15, 0.2) is 66.9 Å². The molecule has 6 heteroatoms. The fourth-order valence-electron chi connectivity index (χ4n) is 3.02. The molecule has 0 aliphatic heterocycles. The minimum atomic E-state index is -0.960. The van der Waals surface area contributed by atoms with Gasteiger partial charge in [0.25, 0.3) is 0 Å². The van der Waals surface area contributed by atoms with Crippen LogP contribution < -0.4 is 0 Å². The molecule has 0 bridgehead atoms. The number of hydrogen-bond acceptors (Lipinski definition) is 3. The maximum absolute atomic E-state index is 13.4. The normalized spacial score (nSPS) is 13.2. The van der Waals surface area contributed by atoms with E-state index in [2.05, 4.69) is 9.97 Å². The molecule has 0 spiro atoms. The zero-order valence-corrected chi connectivity index (χ0v) is 14.5. The summed E-state index contributed by atoms with van der Waals surface area (Å²) >= 11 is 5.92. The SMILES string of the molecule is O=C(O)C(Cc1ccccc1)C(c1ccc(F)cc1)c1ccnc(Cl)n1. The smallest absolute Gasteiger partial charge is 0.307 e. The highest BCUT2D eigenvalue weighted by Gasteiger charge is 2.32. The van der Waals surface area contributed by atoms with E-state index >= 15 is 0 Å². The molecule has 1 N–H and O–H groups in total. The average molecular weight is 371 g/mol. The zero-order valence-electron chi connectivity index (χ0n) is 13.7. The number of hydrogen-bond donors (Lipinski definition) is 1. The molecule has 3 aromatic rings. The second-order valence-corrected chi connectivity index (χ2v) is 6.25. The van der Waals surface area contributed by atoms with Crippen molar-refractivity contribution in [3.8, 4) is 0 Å². The Morgan fingerprint density at radius 3 is 2.38 bits per heavy atom. The van der Waals surface area contributed by atoms with E-state index in [9.17, 15) is 14.3 Å². The predicted molar refractivity (Wildman–Crippen MR) is 96.6 cm³/mol. The van der Waals surface area contributed by atoms with Crippen LogP contribution in [0.5, 0.6) is 0 Å². The van der Waals surface area contributed by atoms with Crippen LogP contribution in [0.3, 0.4) is 0 Å². The molecular formula is C20H16ClFN2O2. The molecule has 1 heterocycles. The highest BCUT2D eigenvalue weighted by atomic mass is 35.5. The summed E-state index contributed by atoms with van der Waals surface area (Å²) in [5.41, 5.74) is 2.04. The molecule has 0 radical (unpaired) electrons. The molecule has 0 aliphatic carbocycles. The Morgan fingerprint density at radius 1 is 1.08 bits per heavy atom. The summed E-state index contributed by atoms with van der Waals surface area (Å²) in [5, 5.41) is 9.94. The van der Waals surface area contributed by atoms with Crippen LogP contribution >= 0.6 is 11.6 Å². The Morgan fingerprint density at radius 2 is 1.77 bits per heavy atom. The Kier molecular flexibility index (Phi) is 5.58. The second-order valence-electron chi connectivity index (χ2n) is 5.91. The lowest BCUT2D eigenvalue weighted by atomic mass is 9.80. The van der Waals surface area contributed by atoms with Gasteiger partial charge in [-0.1, -0.05) is 42.5 Å². The number of halogens is 2. The van der Waals surface area contributed by atoms with Crippen LogP contribution in [-0.4, -0.2) is 21.0 Å². The predicted octanol–water partition coefficient (Wildman–Crippen LogP) is 4.34. The lowest BCUT2D eigenvalue weighted by Crippen LogP contribution is -2.26. The quantitative estimate of drug-likeness (QED) is 0.655. The average Bonchev–Trinajstić information content (AvgIpc) is 2.63. The maximum atomic E-state index is 13.4. The molecular weight excluding hydrogens is 355 g/mol. The molecule has 3 rings (SSSR count). The first-order chi connectivity index (χ1) is 12.5. The summed E-state index contributed by atoms with van der Waals surface area (Å²) in [5.74, 6) is -2.73. The highest BCUT2D eigenvalue weighted by Crippen LogP contribution is 2.34. The van der Waals surface area contributed by atoms with E-state index in [4.69, 9.17) is 11.6 Å². The lowest BCUT2D eigenvalue weighted by molar-refractivity contribution is -0.142. The first kappa shape index (κ1) is 18.0. The van der Waals surface area contributed by atoms with E-state index in [-0.39, 0.29) is 11.1 Å². The van der Waals surface area contributed by atoms with Crippen LogP contribution in [0.4, 0.5) is 4.39 Å². The van der Waals surface area contributed by atoms with Gasteiger partial charge in [-0.25, -0.2) is 14.4 Å². The molecule has 2 unspecified atom stereocenters. The summed E-state index contributed by atoms with van der Waals surface area (Å²) in [6, 6.07) is 16.8. The van der Waals surface area contributed by atoms with Crippen LogP contribution in [0.2, 0.25) is 5.28 Å². The molecule has 0 amide bonds. The number of benzene rings is 2. The van der Waals surface area contributed by atoms with E-state index in [1.165, 1.54) is 18.3 Å². The first-order valence-electron chi connectivity index (χ1n) is 8.05. The Hall–Kier alpha value is -2.79. The second kappa shape index (κ2) is 8.06. The van der Waals surface area contributed by atoms with Gasteiger partial charge in [0.05, 0.1) is 11.6 Å². The standard InChI is InChI=1S/C20H16ClFN2O2/c21-20-23-11-10-17(24-20)18(14-6-8-15(22)9-7-14)16(19(25)26)12-13-4-2-1-3-5-13/h1-11,16,18H,12H2,(H,25,26). The third-order valence-electron chi connectivity index (χ3n) is 4.21. The third-order valence-corrected chi connectivity index (χ3v) is 4.40. The number of carboxylic acids is 1. The number of carbonyl (C=O) groups is 1. The highest BCUT2D eigenvalue weighted by molar-refractivity contribution is 6.28. The molecule has 0 aliphatic rings. The number of carboxylic acid groups (broad SMARTS) is 1. The summed E-state index contributed by atoms with van der Waals surface area (Å²) in [7, 11) is 0. The van der Waals surface area contributed by atoms with Gasteiger partial charge in [-0.05, 0) is 47.3 Å². The lowest BCUT2D eigenvalue weighted by Gasteiger charge is -2.24. The summed E-state index contributed by atoms with van der Waals surface area (Å²) in [6.07, 6.45) is 1.79. The van der Waals surface area contributed by atoms with Gasteiger partial charge in [-0.15, -0.1) is 0 Å². The van der Waals surface area contributed by atoms with Crippen molar-refractivity contribution in [1.29, 1.82) is 0 Å². The summed E-state index contributed by atoms with van der Waals surface area (Å²) in [4.78, 5) is 20.2. The van der Waals surface area contributed by atoms with E-state index in [1.54, 1.807) is 18.2 Å². The van der Waals surface area contributed by atoms with Crippen LogP contribution in [0, 0.1) is 11.7 Å². The van der Waals surface area contributed by atoms with Crippen LogP contribution in [0.25, 0.3) is 0 Å². The fourth-order valence-corrected chi connectivity index (χ4v) is 3.17. The minimum absolute atomic E-state index is 0.0402. The van der Waals surface area contributed by atoms with Gasteiger partial charge in [0.15, 0.2) is 0 Å². The molecule has 0 saturated carbocycles. The van der Waals surface area contributed by atoms with Gasteiger partial charge in [-0.3, -0.25) is 4.79 Å². The molecule has 0 saturated heterocycles. The van der Waals surface area contributed by atoms with Gasteiger partial charge < -0.3 is 5.11 Å². The number of rotatable bonds is 6. The van der Waals surface area contributed by atoms with Crippen molar-refractivity contribution in [3.63, 3.8) is 0 Å². The van der Waals surface area contributed by atoms with Crippen molar-refractivity contribution in [2.24, 2.45) is 5.92 Å². The van der Waals surface area contributed by atoms with Crippen molar-refractivity contribution in [3.05, 3.63) is 94.8 Å². The monoisotopic (exact) mass is 370 g/mol. The van der Waals surface area contributed by atoms with E-state index in [0.29, 0.717) is 17.7 Å². The first-order valence-corrected chi connectivity index (χ1v) is 8.43. The molecule has 1 aromatic heterocycles. The van der Waals surface area contributed by atoms with Gasteiger partial charge in [0.2, 0.25) is 5.28 Å². The van der Waals surface area contributed by atoms with E-state index < -0.39 is 17.8 Å². The fraction of sp³-hybridized carbons (Fsp3) is 0.150. The maximum Gasteiger partial charge on any atom is 0.307 e. The number of nitrogens with zero attached hydrogens (tertiary/aromatic N) is 2. The largest absolute Gasteiger partial charge is 0.481 e. The van der Waals surface area contributed by atoms with Crippen molar-refractivity contribution in [1.82, 2.24) is 9.97 Å². The van der Waals surface area contributed by atoms with Gasteiger partial charge >= 0.3 is 5.97 Å². The Bertz CT molecular complexity index is 888. The molecule has 2 aromatic carbocycles. The van der Waals surface area contributed by atoms with Crippen molar-refractivity contribution >= 4 is 17.6 Å². The van der Waals surface area contributed by atoms with Crippen molar-refractivity contribution < 1.29 is 14.3 Å². The minimum Gasteiger partial charge on any atom is -0.481 e. The molecule has 132 valence electrons. The Balaban J connectivity index is 2.07. The Labute approximate surface area is 155 Å². The van der Waals surface area contributed by atoms with Gasteiger partial charge in [-0.2, -0.15) is 0 Å². The topological polar surface area (TPSA) is 63.1 Å². The van der Waals surface area contributed by atoms with Gasteiger partial charge in [0, 0.05) is 12.1 Å². The zero-order chi connectivity index (χ0) is 18.5. The van der Waals surface area contributed by atoms with E-state index in [1.807, 2.05) is 30.3 Å². The summed E-state index contributed by atoms with van der Waals surface area (Å²) < 4.78 is 13.4. The van der Waals surface area contributed by atoms with Crippen molar-refractivity contribution in [2.75, 3.05) is 0 Å². The number of aliphatic carboxylic acids is 1. The summed E-state index contributed by atoms with van der Waals surface area (Å²) in [6.45, 7) is 0. The van der Waals surface area contributed by atoms with Crippen LogP contribution in [0.1, 0.15) is 22.7 Å². The molecule has 4 nitrogen and oxygen atoms in total. The molecule has 2 atom stereocenters. The molecule has 0 fully saturated rings.